The number of sulfone groups is 1. The van der Waals surface area contributed by atoms with Crippen LogP contribution >= 0.6 is 0 Å². The van der Waals surface area contributed by atoms with Gasteiger partial charge in [-0.3, -0.25) is 0 Å². The summed E-state index contributed by atoms with van der Waals surface area (Å²) in [4.78, 5) is 11.4. The van der Waals surface area contributed by atoms with Crippen LogP contribution in [0.25, 0.3) is 0 Å². The molecule has 0 bridgehead atoms. The highest BCUT2D eigenvalue weighted by atomic mass is 32.2. The maximum atomic E-state index is 11.4. The van der Waals surface area contributed by atoms with Crippen molar-refractivity contribution in [3.63, 3.8) is 0 Å². The van der Waals surface area contributed by atoms with Gasteiger partial charge in [0.2, 0.25) is 0 Å². The Morgan fingerprint density at radius 3 is 2.28 bits per heavy atom. The number of hydrogen-bond donors (Lipinski definition) is 2. The second kappa shape index (κ2) is 5.05. The highest BCUT2D eigenvalue weighted by Gasteiger charge is 2.35. The number of carbonyl (C=O) groups excluding carboxylic acids is 1. The summed E-state index contributed by atoms with van der Waals surface area (Å²) in [6.07, 6.45) is -0.319. The lowest BCUT2D eigenvalue weighted by molar-refractivity contribution is 0.0179. The monoisotopic (exact) mass is 279 g/mol. The van der Waals surface area contributed by atoms with E-state index in [-0.39, 0.29) is 30.9 Å². The van der Waals surface area contributed by atoms with E-state index >= 15 is 0 Å². The Morgan fingerprint density at radius 2 is 1.83 bits per heavy atom. The highest BCUT2D eigenvalue weighted by molar-refractivity contribution is 7.91. The van der Waals surface area contributed by atoms with Crippen molar-refractivity contribution < 1.29 is 23.1 Å². The molecule has 0 saturated carbocycles. The fraction of sp³-hybridized carbons (Fsp3) is 0.909. The van der Waals surface area contributed by atoms with Gasteiger partial charge in [0.15, 0.2) is 9.84 Å². The third kappa shape index (κ3) is 5.22. The van der Waals surface area contributed by atoms with Crippen molar-refractivity contribution >= 4 is 15.9 Å². The normalized spacial score (nSPS) is 22.2. The molecule has 0 aromatic rings. The maximum Gasteiger partial charge on any atom is 0.407 e. The summed E-state index contributed by atoms with van der Waals surface area (Å²) in [7, 11) is -3.03. The van der Waals surface area contributed by atoms with E-state index in [1.54, 1.807) is 20.8 Å². The molecule has 106 valence electrons. The molecule has 18 heavy (non-hydrogen) atoms. The molecular formula is C11H21NO5S. The van der Waals surface area contributed by atoms with Gasteiger partial charge in [-0.2, -0.15) is 0 Å². The van der Waals surface area contributed by atoms with Crippen LogP contribution in [0.15, 0.2) is 0 Å². The molecule has 7 heteroatoms. The maximum absolute atomic E-state index is 11.4. The SMILES string of the molecule is CC(C)(C)OC(=O)NCC1(O)CCS(=O)(=O)CC1. The molecule has 1 aliphatic heterocycles. The van der Waals surface area contributed by atoms with E-state index in [9.17, 15) is 18.3 Å². The van der Waals surface area contributed by atoms with Crippen molar-refractivity contribution in [2.75, 3.05) is 18.1 Å². The zero-order valence-electron chi connectivity index (χ0n) is 11.0. The van der Waals surface area contributed by atoms with Gasteiger partial charge < -0.3 is 15.2 Å². The average molecular weight is 279 g/mol. The Hall–Kier alpha value is -0.820. The summed E-state index contributed by atoms with van der Waals surface area (Å²) in [6, 6.07) is 0. The Morgan fingerprint density at radius 1 is 1.33 bits per heavy atom. The molecule has 1 fully saturated rings. The van der Waals surface area contributed by atoms with E-state index in [0.29, 0.717) is 0 Å². The first-order valence-electron chi connectivity index (χ1n) is 5.91. The van der Waals surface area contributed by atoms with Crippen LogP contribution in [0.3, 0.4) is 0 Å². The number of hydrogen-bond acceptors (Lipinski definition) is 5. The topological polar surface area (TPSA) is 92.7 Å². The minimum Gasteiger partial charge on any atom is -0.444 e. The first-order chi connectivity index (χ1) is 8.02. The van der Waals surface area contributed by atoms with Crippen LogP contribution in [0.4, 0.5) is 4.79 Å². The smallest absolute Gasteiger partial charge is 0.407 e. The summed E-state index contributed by atoms with van der Waals surface area (Å²) in [5.74, 6) is -0.0843. The van der Waals surface area contributed by atoms with Gasteiger partial charge in [0.25, 0.3) is 0 Å². The Kier molecular flexibility index (Phi) is 4.27. The van der Waals surface area contributed by atoms with E-state index in [2.05, 4.69) is 5.32 Å². The van der Waals surface area contributed by atoms with Gasteiger partial charge >= 0.3 is 6.09 Å². The van der Waals surface area contributed by atoms with E-state index in [1.807, 2.05) is 0 Å². The first-order valence-corrected chi connectivity index (χ1v) is 7.73. The molecule has 1 rings (SSSR count). The number of rotatable bonds is 2. The third-order valence-corrected chi connectivity index (χ3v) is 4.37. The fourth-order valence-corrected chi connectivity index (χ4v) is 3.23. The number of amides is 1. The standard InChI is InChI=1S/C11H21NO5S/c1-10(2,3)17-9(13)12-8-11(14)4-6-18(15,16)7-5-11/h14H,4-8H2,1-3H3,(H,12,13). The molecule has 0 aliphatic carbocycles. The van der Waals surface area contributed by atoms with E-state index < -0.39 is 27.1 Å². The molecule has 1 aliphatic rings. The molecule has 0 atom stereocenters. The summed E-state index contributed by atoms with van der Waals surface area (Å²) in [5, 5.41) is 12.6. The quantitative estimate of drug-likeness (QED) is 0.765. The van der Waals surface area contributed by atoms with Crippen LogP contribution < -0.4 is 5.32 Å². The van der Waals surface area contributed by atoms with Crippen LogP contribution in [0.1, 0.15) is 33.6 Å². The highest BCUT2D eigenvalue weighted by Crippen LogP contribution is 2.23. The number of aliphatic hydroxyl groups is 1. The summed E-state index contributed by atoms with van der Waals surface area (Å²) in [6.45, 7) is 5.24. The molecule has 0 radical (unpaired) electrons. The molecule has 1 saturated heterocycles. The van der Waals surface area contributed by atoms with Crippen LogP contribution in [-0.4, -0.2) is 48.9 Å². The lowest BCUT2D eigenvalue weighted by Crippen LogP contribution is -2.48. The summed E-state index contributed by atoms with van der Waals surface area (Å²) < 4.78 is 27.5. The van der Waals surface area contributed by atoms with Crippen LogP contribution in [0.2, 0.25) is 0 Å². The molecule has 0 unspecified atom stereocenters. The van der Waals surface area contributed by atoms with Gasteiger partial charge in [-0.25, -0.2) is 13.2 Å². The second-order valence-corrected chi connectivity index (χ2v) is 8.04. The predicted molar refractivity (Wildman–Crippen MR) is 67.1 cm³/mol. The lowest BCUT2D eigenvalue weighted by atomic mass is 9.97. The van der Waals surface area contributed by atoms with E-state index in [4.69, 9.17) is 4.74 Å². The van der Waals surface area contributed by atoms with Crippen molar-refractivity contribution in [3.8, 4) is 0 Å². The lowest BCUT2D eigenvalue weighted by Gasteiger charge is -2.32. The molecule has 1 heterocycles. The summed E-state index contributed by atoms with van der Waals surface area (Å²) in [5.41, 5.74) is -1.75. The number of carbonyl (C=O) groups is 1. The zero-order chi connectivity index (χ0) is 14.0. The molecule has 0 spiro atoms. The molecule has 2 N–H and O–H groups in total. The Bertz CT molecular complexity index is 396. The van der Waals surface area contributed by atoms with Gasteiger partial charge in [-0.15, -0.1) is 0 Å². The average Bonchev–Trinajstić information content (AvgIpc) is 2.18. The number of ether oxygens (including phenoxy) is 1. The van der Waals surface area contributed by atoms with Crippen LogP contribution in [0, 0.1) is 0 Å². The van der Waals surface area contributed by atoms with Crippen molar-refractivity contribution in [1.29, 1.82) is 0 Å². The summed E-state index contributed by atoms with van der Waals surface area (Å²) >= 11 is 0. The van der Waals surface area contributed by atoms with E-state index in [0.717, 1.165) is 0 Å². The Labute approximate surface area is 108 Å². The van der Waals surface area contributed by atoms with Crippen molar-refractivity contribution in [1.82, 2.24) is 5.32 Å². The van der Waals surface area contributed by atoms with Gasteiger partial charge in [-0.1, -0.05) is 0 Å². The Balaban J connectivity index is 2.42. The molecule has 1 amide bonds. The van der Waals surface area contributed by atoms with E-state index in [1.165, 1.54) is 0 Å². The fourth-order valence-electron chi connectivity index (χ4n) is 1.65. The predicted octanol–water partition coefficient (Wildman–Crippen LogP) is 0.451. The van der Waals surface area contributed by atoms with Gasteiger partial charge in [0.1, 0.15) is 5.60 Å². The number of alkyl carbamates (subject to hydrolysis) is 1. The van der Waals surface area contributed by atoms with Crippen LogP contribution in [-0.2, 0) is 14.6 Å². The molecule has 0 aromatic carbocycles. The molecular weight excluding hydrogens is 258 g/mol. The van der Waals surface area contributed by atoms with Crippen molar-refractivity contribution in [2.45, 2.75) is 44.8 Å². The number of nitrogens with one attached hydrogen (secondary N) is 1. The zero-order valence-corrected chi connectivity index (χ0v) is 11.8. The molecule has 0 aromatic heterocycles. The minimum atomic E-state index is -3.03. The van der Waals surface area contributed by atoms with Gasteiger partial charge in [-0.05, 0) is 33.6 Å². The third-order valence-electron chi connectivity index (χ3n) is 2.72. The van der Waals surface area contributed by atoms with Crippen LogP contribution in [0.5, 0.6) is 0 Å². The molecule has 6 nitrogen and oxygen atoms in total. The van der Waals surface area contributed by atoms with Crippen molar-refractivity contribution in [2.24, 2.45) is 0 Å². The minimum absolute atomic E-state index is 0.0113. The first kappa shape index (κ1) is 15.2. The van der Waals surface area contributed by atoms with Gasteiger partial charge in [0.05, 0.1) is 17.1 Å². The van der Waals surface area contributed by atoms with Crippen molar-refractivity contribution in [3.05, 3.63) is 0 Å². The second-order valence-electron chi connectivity index (χ2n) is 5.73. The largest absolute Gasteiger partial charge is 0.444 e. The van der Waals surface area contributed by atoms with Gasteiger partial charge in [0, 0.05) is 6.54 Å².